The summed E-state index contributed by atoms with van der Waals surface area (Å²) in [5.74, 6) is -0.818. The normalized spacial score (nSPS) is 12.0. The zero-order valence-electron chi connectivity index (χ0n) is 21.4. The molecule has 3 aromatic rings. The van der Waals surface area contributed by atoms with Gasteiger partial charge in [0.05, 0.1) is 10.6 Å². The van der Waals surface area contributed by atoms with Crippen LogP contribution in [0.1, 0.15) is 29.2 Å². The van der Waals surface area contributed by atoms with Crippen molar-refractivity contribution >= 4 is 27.5 Å². The van der Waals surface area contributed by atoms with E-state index in [-0.39, 0.29) is 17.3 Å². The Morgan fingerprint density at radius 3 is 1.78 bits per heavy atom. The van der Waals surface area contributed by atoms with E-state index in [0.29, 0.717) is 5.69 Å². The smallest absolute Gasteiger partial charge is 0.264 e. The van der Waals surface area contributed by atoms with Gasteiger partial charge in [0.1, 0.15) is 12.6 Å². The van der Waals surface area contributed by atoms with Crippen LogP contribution in [0.25, 0.3) is 0 Å². The third kappa shape index (κ3) is 6.31. The highest BCUT2D eigenvalue weighted by atomic mass is 32.2. The lowest BCUT2D eigenvalue weighted by molar-refractivity contribution is -0.139. The van der Waals surface area contributed by atoms with E-state index in [9.17, 15) is 18.0 Å². The molecule has 0 saturated carbocycles. The van der Waals surface area contributed by atoms with E-state index in [1.807, 2.05) is 45.0 Å². The summed E-state index contributed by atoms with van der Waals surface area (Å²) in [7, 11) is -2.55. The number of anilines is 1. The van der Waals surface area contributed by atoms with Gasteiger partial charge in [0, 0.05) is 13.6 Å². The molecule has 1 atom stereocenters. The van der Waals surface area contributed by atoms with Crippen molar-refractivity contribution in [1.82, 2.24) is 10.2 Å². The molecule has 0 aromatic heterocycles. The van der Waals surface area contributed by atoms with Crippen molar-refractivity contribution in [3.05, 3.63) is 95.1 Å². The van der Waals surface area contributed by atoms with Gasteiger partial charge < -0.3 is 10.2 Å². The predicted octanol–water partition coefficient (Wildman–Crippen LogP) is 3.97. The molecule has 36 heavy (non-hydrogen) atoms. The number of sulfonamides is 1. The van der Waals surface area contributed by atoms with Crippen LogP contribution in [0.5, 0.6) is 0 Å². The molecule has 0 spiro atoms. The summed E-state index contributed by atoms with van der Waals surface area (Å²) in [5.41, 5.74) is 4.18. The highest BCUT2D eigenvalue weighted by Crippen LogP contribution is 2.25. The molecule has 1 N–H and O–H groups in total. The molecule has 0 saturated heterocycles. The zero-order valence-corrected chi connectivity index (χ0v) is 22.2. The quantitative estimate of drug-likeness (QED) is 0.475. The van der Waals surface area contributed by atoms with E-state index in [2.05, 4.69) is 5.32 Å². The summed E-state index contributed by atoms with van der Waals surface area (Å²) in [5, 5.41) is 2.58. The van der Waals surface area contributed by atoms with E-state index < -0.39 is 28.5 Å². The van der Waals surface area contributed by atoms with E-state index in [1.54, 1.807) is 43.3 Å². The van der Waals surface area contributed by atoms with Gasteiger partial charge in [-0.05, 0) is 57.5 Å². The lowest BCUT2D eigenvalue weighted by Gasteiger charge is -2.31. The summed E-state index contributed by atoms with van der Waals surface area (Å²) in [6.07, 6.45) is 0. The minimum Gasteiger partial charge on any atom is -0.357 e. The average Bonchev–Trinajstić information content (AvgIpc) is 2.86. The monoisotopic (exact) mass is 507 g/mol. The molecule has 3 aromatic carbocycles. The molecule has 0 aliphatic carbocycles. The molecule has 3 rings (SSSR count). The standard InChI is InChI=1S/C28H33N3O4S/c1-20-6-12-24(13-7-20)18-30(23(4)28(33)29-5)27(32)19-31(25-14-8-21(2)9-15-25)36(34,35)26-16-10-22(3)11-17-26/h6-17,23H,18-19H2,1-5H3,(H,29,33)/t23-/m0/s1. The number of hydrogen-bond donors (Lipinski definition) is 1. The average molecular weight is 508 g/mol. The van der Waals surface area contributed by atoms with Crippen molar-refractivity contribution in [2.75, 3.05) is 17.9 Å². The van der Waals surface area contributed by atoms with Crippen LogP contribution in [0.15, 0.2) is 77.7 Å². The predicted molar refractivity (Wildman–Crippen MR) is 142 cm³/mol. The van der Waals surface area contributed by atoms with E-state index in [4.69, 9.17) is 0 Å². The number of nitrogens with one attached hydrogen (secondary N) is 1. The fourth-order valence-corrected chi connectivity index (χ4v) is 5.17. The van der Waals surface area contributed by atoms with Crippen molar-refractivity contribution in [1.29, 1.82) is 0 Å². The number of likely N-dealkylation sites (N-methyl/N-ethyl adjacent to an activating group) is 1. The maximum Gasteiger partial charge on any atom is 0.264 e. The molecule has 0 aliphatic heterocycles. The van der Waals surface area contributed by atoms with Crippen LogP contribution in [0.4, 0.5) is 5.69 Å². The number of hydrogen-bond acceptors (Lipinski definition) is 4. The molecular weight excluding hydrogens is 474 g/mol. The molecular formula is C28H33N3O4S. The Morgan fingerprint density at radius 1 is 0.806 bits per heavy atom. The van der Waals surface area contributed by atoms with Crippen LogP contribution in [0.3, 0.4) is 0 Å². The van der Waals surface area contributed by atoms with E-state index in [0.717, 1.165) is 26.6 Å². The summed E-state index contributed by atoms with van der Waals surface area (Å²) < 4.78 is 28.5. The maximum absolute atomic E-state index is 13.7. The number of amides is 2. The van der Waals surface area contributed by atoms with Gasteiger partial charge >= 0.3 is 0 Å². The first-order valence-electron chi connectivity index (χ1n) is 11.8. The van der Waals surface area contributed by atoms with E-state index >= 15 is 0 Å². The number of carbonyl (C=O) groups excluding carboxylic acids is 2. The van der Waals surface area contributed by atoms with Crippen molar-refractivity contribution < 1.29 is 18.0 Å². The molecule has 0 radical (unpaired) electrons. The summed E-state index contributed by atoms with van der Waals surface area (Å²) in [6, 6.07) is 20.3. The molecule has 7 nitrogen and oxygen atoms in total. The fraction of sp³-hybridized carbons (Fsp3) is 0.286. The zero-order chi connectivity index (χ0) is 26.5. The highest BCUT2D eigenvalue weighted by Gasteiger charge is 2.32. The summed E-state index contributed by atoms with van der Waals surface area (Å²) >= 11 is 0. The molecule has 0 aliphatic rings. The summed E-state index contributed by atoms with van der Waals surface area (Å²) in [4.78, 5) is 27.7. The Morgan fingerprint density at radius 2 is 1.28 bits per heavy atom. The van der Waals surface area contributed by atoms with Gasteiger partial charge in [-0.3, -0.25) is 13.9 Å². The minimum absolute atomic E-state index is 0.0888. The number of aryl methyl sites for hydroxylation is 3. The Kier molecular flexibility index (Phi) is 8.53. The third-order valence-corrected chi connectivity index (χ3v) is 7.89. The summed E-state index contributed by atoms with van der Waals surface area (Å²) in [6.45, 7) is 7.10. The first kappa shape index (κ1) is 26.9. The van der Waals surface area contributed by atoms with Gasteiger partial charge in [0.25, 0.3) is 10.0 Å². The molecule has 0 heterocycles. The second-order valence-corrected chi connectivity index (χ2v) is 10.8. The molecule has 0 unspecified atom stereocenters. The lowest BCUT2D eigenvalue weighted by Crippen LogP contribution is -2.50. The van der Waals surface area contributed by atoms with Crippen LogP contribution in [0.2, 0.25) is 0 Å². The van der Waals surface area contributed by atoms with Crippen molar-refractivity contribution in [3.63, 3.8) is 0 Å². The highest BCUT2D eigenvalue weighted by molar-refractivity contribution is 7.92. The van der Waals surface area contributed by atoms with Crippen LogP contribution < -0.4 is 9.62 Å². The second-order valence-electron chi connectivity index (χ2n) is 8.96. The SMILES string of the molecule is CNC(=O)[C@H](C)N(Cc1ccc(C)cc1)C(=O)CN(c1ccc(C)cc1)S(=O)(=O)c1ccc(C)cc1. The molecule has 0 fully saturated rings. The first-order valence-corrected chi connectivity index (χ1v) is 13.2. The minimum atomic E-state index is -4.06. The second kappa shape index (κ2) is 11.4. The molecule has 0 bridgehead atoms. The van der Waals surface area contributed by atoms with Gasteiger partial charge in [0.2, 0.25) is 11.8 Å². The lowest BCUT2D eigenvalue weighted by atomic mass is 10.1. The van der Waals surface area contributed by atoms with E-state index in [1.165, 1.54) is 24.1 Å². The largest absolute Gasteiger partial charge is 0.357 e. The van der Waals surface area contributed by atoms with Crippen LogP contribution in [-0.4, -0.2) is 44.8 Å². The number of carbonyl (C=O) groups is 2. The molecule has 190 valence electrons. The molecule has 8 heteroatoms. The van der Waals surface area contributed by atoms with Crippen LogP contribution in [-0.2, 0) is 26.2 Å². The Balaban J connectivity index is 2.01. The van der Waals surface area contributed by atoms with Gasteiger partial charge in [-0.15, -0.1) is 0 Å². The third-order valence-electron chi connectivity index (χ3n) is 6.10. The van der Waals surface area contributed by atoms with Gasteiger partial charge in [-0.1, -0.05) is 65.2 Å². The number of rotatable bonds is 9. The topological polar surface area (TPSA) is 86.8 Å². The van der Waals surface area contributed by atoms with Crippen LogP contribution >= 0.6 is 0 Å². The van der Waals surface area contributed by atoms with Gasteiger partial charge in [-0.25, -0.2) is 8.42 Å². The van der Waals surface area contributed by atoms with Crippen molar-refractivity contribution in [2.24, 2.45) is 0 Å². The van der Waals surface area contributed by atoms with Crippen molar-refractivity contribution in [2.45, 2.75) is 45.2 Å². The fourth-order valence-electron chi connectivity index (χ4n) is 3.76. The Bertz CT molecular complexity index is 1300. The number of benzene rings is 3. The molecule has 2 amide bonds. The maximum atomic E-state index is 13.7. The Labute approximate surface area is 213 Å². The number of nitrogens with zero attached hydrogens (tertiary/aromatic N) is 2. The van der Waals surface area contributed by atoms with Gasteiger partial charge in [0.15, 0.2) is 0 Å². The Hall–Kier alpha value is -3.65. The van der Waals surface area contributed by atoms with Crippen LogP contribution in [0, 0.1) is 20.8 Å². The van der Waals surface area contributed by atoms with Gasteiger partial charge in [-0.2, -0.15) is 0 Å². The first-order chi connectivity index (χ1) is 17.0. The van der Waals surface area contributed by atoms with Crippen molar-refractivity contribution in [3.8, 4) is 0 Å².